The van der Waals surface area contributed by atoms with Crippen molar-refractivity contribution < 1.29 is 4.79 Å². The van der Waals surface area contributed by atoms with Crippen LogP contribution in [-0.2, 0) is 12.3 Å². The van der Waals surface area contributed by atoms with E-state index in [1.54, 1.807) is 6.20 Å². The number of benzene rings is 2. The highest BCUT2D eigenvalue weighted by atomic mass is 32.2. The summed E-state index contributed by atoms with van der Waals surface area (Å²) < 4.78 is 2.08. The van der Waals surface area contributed by atoms with E-state index in [0.717, 1.165) is 29.4 Å². The second kappa shape index (κ2) is 9.42. The summed E-state index contributed by atoms with van der Waals surface area (Å²) in [4.78, 5) is 16.5. The van der Waals surface area contributed by atoms with Crippen molar-refractivity contribution in [3.63, 3.8) is 0 Å². The molecule has 0 saturated heterocycles. The minimum absolute atomic E-state index is 0.0173. The van der Waals surface area contributed by atoms with Crippen LogP contribution in [0, 0.1) is 13.8 Å². The van der Waals surface area contributed by atoms with E-state index >= 15 is 0 Å². The third kappa shape index (κ3) is 5.73. The summed E-state index contributed by atoms with van der Waals surface area (Å²) in [6.07, 6.45) is 3.76. The first-order chi connectivity index (χ1) is 13.1. The zero-order valence-electron chi connectivity index (χ0n) is 15.8. The van der Waals surface area contributed by atoms with E-state index in [-0.39, 0.29) is 5.91 Å². The maximum atomic E-state index is 12.3. The third-order valence-corrected chi connectivity index (χ3v) is 5.44. The molecule has 1 heterocycles. The molecular weight excluding hydrogens is 354 g/mol. The van der Waals surface area contributed by atoms with Crippen LogP contribution in [0.3, 0.4) is 0 Å². The average Bonchev–Trinajstić information content (AvgIpc) is 3.08. The smallest absolute Gasteiger partial charge is 0.251 e. The van der Waals surface area contributed by atoms with Crippen LogP contribution in [0.25, 0.3) is 0 Å². The highest BCUT2D eigenvalue weighted by Crippen LogP contribution is 2.12. The second-order valence-corrected chi connectivity index (χ2v) is 7.70. The Balaban J connectivity index is 1.40. The van der Waals surface area contributed by atoms with Gasteiger partial charge >= 0.3 is 0 Å². The number of nitrogens with one attached hydrogen (secondary N) is 1. The van der Waals surface area contributed by atoms with Crippen LogP contribution >= 0.6 is 11.8 Å². The molecule has 3 aromatic rings. The molecule has 0 radical (unpaired) electrons. The summed E-state index contributed by atoms with van der Waals surface area (Å²) in [6, 6.07) is 16.4. The van der Waals surface area contributed by atoms with Crippen LogP contribution in [0.4, 0.5) is 0 Å². The number of carbonyl (C=O) groups excluding carboxylic acids is 1. The Morgan fingerprint density at radius 2 is 1.74 bits per heavy atom. The number of rotatable bonds is 8. The zero-order chi connectivity index (χ0) is 19.1. The molecule has 1 aromatic heterocycles. The molecule has 4 nitrogen and oxygen atoms in total. The van der Waals surface area contributed by atoms with Crippen molar-refractivity contribution in [2.75, 3.05) is 12.3 Å². The lowest BCUT2D eigenvalue weighted by molar-refractivity contribution is 0.0956. The van der Waals surface area contributed by atoms with Crippen LogP contribution in [-0.4, -0.2) is 27.8 Å². The van der Waals surface area contributed by atoms with Gasteiger partial charge in [-0.25, -0.2) is 4.98 Å². The van der Waals surface area contributed by atoms with Gasteiger partial charge in [0.25, 0.3) is 5.91 Å². The Labute approximate surface area is 165 Å². The van der Waals surface area contributed by atoms with Crippen LogP contribution < -0.4 is 5.32 Å². The van der Waals surface area contributed by atoms with Gasteiger partial charge in [0.2, 0.25) is 0 Å². The topological polar surface area (TPSA) is 46.9 Å². The summed E-state index contributed by atoms with van der Waals surface area (Å²) >= 11 is 1.83. The van der Waals surface area contributed by atoms with Crippen molar-refractivity contribution in [2.24, 2.45) is 0 Å². The lowest BCUT2D eigenvalue weighted by Crippen LogP contribution is -2.25. The van der Waals surface area contributed by atoms with E-state index in [2.05, 4.69) is 46.1 Å². The molecule has 0 aliphatic rings. The van der Waals surface area contributed by atoms with Gasteiger partial charge in [-0.3, -0.25) is 4.79 Å². The summed E-state index contributed by atoms with van der Waals surface area (Å²) in [6.45, 7) is 5.52. The van der Waals surface area contributed by atoms with Gasteiger partial charge in [0.15, 0.2) is 0 Å². The van der Waals surface area contributed by atoms with Crippen molar-refractivity contribution in [2.45, 2.75) is 26.1 Å². The molecule has 0 fully saturated rings. The molecule has 3 rings (SSSR count). The molecule has 27 heavy (non-hydrogen) atoms. The normalized spacial score (nSPS) is 10.7. The van der Waals surface area contributed by atoms with Crippen molar-refractivity contribution >= 4 is 17.7 Å². The molecule has 5 heteroatoms. The largest absolute Gasteiger partial charge is 0.351 e. The van der Waals surface area contributed by atoms with Gasteiger partial charge < -0.3 is 9.88 Å². The number of amides is 1. The number of imidazole rings is 1. The second-order valence-electron chi connectivity index (χ2n) is 6.59. The molecule has 0 unspecified atom stereocenters. The minimum Gasteiger partial charge on any atom is -0.351 e. The quantitative estimate of drug-likeness (QED) is 0.596. The monoisotopic (exact) mass is 379 g/mol. The summed E-state index contributed by atoms with van der Waals surface area (Å²) in [5.41, 5.74) is 4.45. The molecular formula is C22H25N3OS. The van der Waals surface area contributed by atoms with Gasteiger partial charge in [-0.15, -0.1) is 0 Å². The Bertz CT molecular complexity index is 869. The molecule has 0 aliphatic carbocycles. The van der Waals surface area contributed by atoms with E-state index < -0.39 is 0 Å². The Kier molecular flexibility index (Phi) is 6.71. The van der Waals surface area contributed by atoms with Crippen molar-refractivity contribution in [1.82, 2.24) is 14.9 Å². The van der Waals surface area contributed by atoms with Crippen LogP contribution in [0.15, 0.2) is 60.9 Å². The lowest BCUT2D eigenvalue weighted by atomic mass is 10.1. The predicted octanol–water partition coefficient (Wildman–Crippen LogP) is 4.21. The fraction of sp³-hybridized carbons (Fsp3) is 0.273. The SMILES string of the molecule is Cc1ccc(CSCCNC(=O)c2ccc(Cn3ccnc3C)cc2)cc1. The molecule has 0 spiro atoms. The van der Waals surface area contributed by atoms with E-state index in [9.17, 15) is 4.79 Å². The fourth-order valence-corrected chi connectivity index (χ4v) is 3.56. The van der Waals surface area contributed by atoms with Crippen LogP contribution in [0.1, 0.15) is 32.9 Å². The first kappa shape index (κ1) is 19.2. The number of hydrogen-bond donors (Lipinski definition) is 1. The van der Waals surface area contributed by atoms with Gasteiger partial charge in [-0.2, -0.15) is 11.8 Å². The summed E-state index contributed by atoms with van der Waals surface area (Å²) in [5, 5.41) is 2.99. The van der Waals surface area contributed by atoms with E-state index in [1.807, 2.05) is 49.1 Å². The van der Waals surface area contributed by atoms with Crippen molar-refractivity contribution in [3.05, 3.63) is 89.0 Å². The number of hydrogen-bond acceptors (Lipinski definition) is 3. The van der Waals surface area contributed by atoms with Crippen LogP contribution in [0.5, 0.6) is 0 Å². The zero-order valence-corrected chi connectivity index (χ0v) is 16.6. The molecule has 2 aromatic carbocycles. The maximum absolute atomic E-state index is 12.3. The van der Waals surface area contributed by atoms with Gasteiger partial charge in [-0.1, -0.05) is 42.0 Å². The molecule has 0 saturated carbocycles. The standard InChI is InChI=1S/C22H25N3OS/c1-17-3-5-20(6-4-17)16-27-14-12-24-22(26)21-9-7-19(8-10-21)15-25-13-11-23-18(25)2/h3-11,13H,12,14-16H2,1-2H3,(H,24,26). The number of carbonyl (C=O) groups is 1. The van der Waals surface area contributed by atoms with Crippen molar-refractivity contribution in [1.29, 1.82) is 0 Å². The van der Waals surface area contributed by atoms with Crippen LogP contribution in [0.2, 0.25) is 0 Å². The summed E-state index contributed by atoms with van der Waals surface area (Å²) in [7, 11) is 0. The van der Waals surface area contributed by atoms with Gasteiger partial charge in [-0.05, 0) is 37.1 Å². The number of aryl methyl sites for hydroxylation is 2. The number of nitrogens with zero attached hydrogens (tertiary/aromatic N) is 2. The fourth-order valence-electron chi connectivity index (χ4n) is 2.74. The summed E-state index contributed by atoms with van der Waals surface area (Å²) in [5.74, 6) is 2.84. The average molecular weight is 380 g/mol. The molecule has 1 amide bonds. The Morgan fingerprint density at radius 1 is 1.04 bits per heavy atom. The first-order valence-corrected chi connectivity index (χ1v) is 10.3. The number of aromatic nitrogens is 2. The van der Waals surface area contributed by atoms with E-state index in [0.29, 0.717) is 12.1 Å². The van der Waals surface area contributed by atoms with Gasteiger partial charge in [0.05, 0.1) is 0 Å². The Hall–Kier alpha value is -2.53. The van der Waals surface area contributed by atoms with Gasteiger partial charge in [0, 0.05) is 42.6 Å². The first-order valence-electron chi connectivity index (χ1n) is 9.10. The molecule has 0 atom stereocenters. The number of thioether (sulfide) groups is 1. The minimum atomic E-state index is -0.0173. The van der Waals surface area contributed by atoms with E-state index in [1.165, 1.54) is 11.1 Å². The van der Waals surface area contributed by atoms with E-state index in [4.69, 9.17) is 0 Å². The van der Waals surface area contributed by atoms with Crippen molar-refractivity contribution in [3.8, 4) is 0 Å². The highest BCUT2D eigenvalue weighted by molar-refractivity contribution is 7.98. The molecule has 140 valence electrons. The molecule has 0 bridgehead atoms. The highest BCUT2D eigenvalue weighted by Gasteiger charge is 2.05. The maximum Gasteiger partial charge on any atom is 0.251 e. The third-order valence-electron chi connectivity index (χ3n) is 4.41. The molecule has 0 aliphatic heterocycles. The molecule has 1 N–H and O–H groups in total. The van der Waals surface area contributed by atoms with Gasteiger partial charge in [0.1, 0.15) is 5.82 Å². The predicted molar refractivity (Wildman–Crippen MR) is 112 cm³/mol. The lowest BCUT2D eigenvalue weighted by Gasteiger charge is -2.08. The Morgan fingerprint density at radius 3 is 2.41 bits per heavy atom.